The van der Waals surface area contributed by atoms with E-state index in [9.17, 15) is 18.0 Å². The molecule has 0 aliphatic carbocycles. The summed E-state index contributed by atoms with van der Waals surface area (Å²) in [6.45, 7) is 7.17. The number of amides is 1. The van der Waals surface area contributed by atoms with Gasteiger partial charge in [-0.25, -0.2) is 15.0 Å². The van der Waals surface area contributed by atoms with E-state index < -0.39 is 17.6 Å². The number of carbonyl (C=O) groups is 1. The molecule has 1 fully saturated rings. The molecule has 9 nitrogen and oxygen atoms in total. The van der Waals surface area contributed by atoms with Crippen molar-refractivity contribution in [2.75, 3.05) is 44.3 Å². The van der Waals surface area contributed by atoms with Crippen molar-refractivity contribution in [3.05, 3.63) is 82.1 Å². The van der Waals surface area contributed by atoms with Gasteiger partial charge in [-0.1, -0.05) is 31.8 Å². The van der Waals surface area contributed by atoms with Gasteiger partial charge in [0.2, 0.25) is 0 Å². The minimum absolute atomic E-state index is 0.0345. The van der Waals surface area contributed by atoms with Crippen LogP contribution in [0.15, 0.2) is 42.9 Å². The molecule has 3 N–H and O–H groups in total. The maximum atomic E-state index is 14.0. The zero-order valence-electron chi connectivity index (χ0n) is 24.8. The third-order valence-corrected chi connectivity index (χ3v) is 7.56. The molecule has 0 unspecified atom stereocenters. The molecule has 3 aromatic heterocycles. The molecule has 0 saturated carbocycles. The first-order valence-corrected chi connectivity index (χ1v) is 14.4. The van der Waals surface area contributed by atoms with Crippen molar-refractivity contribution < 1.29 is 18.0 Å². The molecule has 4 heterocycles. The molecule has 0 atom stereocenters. The summed E-state index contributed by atoms with van der Waals surface area (Å²) in [5.41, 5.74) is 9.40. The topological polar surface area (TPSA) is 113 Å². The van der Waals surface area contributed by atoms with Crippen molar-refractivity contribution >= 4 is 28.4 Å². The van der Waals surface area contributed by atoms with Crippen LogP contribution in [0.3, 0.4) is 0 Å². The van der Waals surface area contributed by atoms with Gasteiger partial charge < -0.3 is 16.0 Å². The average Bonchev–Trinajstić information content (AvgIpc) is 3.01. The number of hydrogen-bond acceptors (Lipinski definition) is 8. The molecular formula is C32H33F3N8O. The number of nitrogen functional groups attached to an aromatic ring is 1. The maximum absolute atomic E-state index is 14.0. The van der Waals surface area contributed by atoms with Crippen LogP contribution < -0.4 is 11.1 Å². The fourth-order valence-corrected chi connectivity index (χ4v) is 5.07. The largest absolute Gasteiger partial charge is 0.416 e. The number of halogens is 3. The monoisotopic (exact) mass is 602 g/mol. The van der Waals surface area contributed by atoms with Gasteiger partial charge in [-0.3, -0.25) is 14.7 Å². The fraction of sp³-hybridized carbons (Fsp3) is 0.344. The van der Waals surface area contributed by atoms with Gasteiger partial charge in [-0.15, -0.1) is 0 Å². The normalized spacial score (nSPS) is 14.3. The third kappa shape index (κ3) is 6.96. The van der Waals surface area contributed by atoms with Crippen LogP contribution in [-0.2, 0) is 25.6 Å². The molecule has 0 bridgehead atoms. The number of carbonyl (C=O) groups excluding carboxylic acids is 1. The lowest BCUT2D eigenvalue weighted by atomic mass is 10.0. The van der Waals surface area contributed by atoms with Crippen LogP contribution >= 0.6 is 0 Å². The highest BCUT2D eigenvalue weighted by molar-refractivity contribution is 6.04. The molecule has 1 aromatic carbocycles. The van der Waals surface area contributed by atoms with Gasteiger partial charge in [0, 0.05) is 56.4 Å². The molecule has 1 saturated heterocycles. The Kier molecular flexibility index (Phi) is 9.08. The van der Waals surface area contributed by atoms with E-state index in [-0.39, 0.29) is 29.2 Å². The molecule has 1 aliphatic rings. The van der Waals surface area contributed by atoms with E-state index in [0.29, 0.717) is 41.7 Å². The molecule has 4 aromatic rings. The summed E-state index contributed by atoms with van der Waals surface area (Å²) < 4.78 is 42.0. The number of nitrogens with zero attached hydrogens (tertiary/aromatic N) is 6. The zero-order chi connectivity index (χ0) is 31.4. The second kappa shape index (κ2) is 13.0. The summed E-state index contributed by atoms with van der Waals surface area (Å²) in [5, 5.41) is 2.57. The first kappa shape index (κ1) is 30.8. The van der Waals surface area contributed by atoms with Crippen LogP contribution in [0.2, 0.25) is 0 Å². The van der Waals surface area contributed by atoms with Crippen molar-refractivity contribution in [2.45, 2.75) is 39.4 Å². The van der Waals surface area contributed by atoms with Crippen LogP contribution in [0.25, 0.3) is 11.0 Å². The molecule has 1 amide bonds. The average molecular weight is 603 g/mol. The standard InChI is InChI=1S/C32H33F3N8O/c1-4-26-27(5-2)41-29-24(30(36)38-18-28(29)40-26)9-6-20-14-22(17-37-16-20)31(44)39-23-8-7-21(25(15-23)32(33,34)35)19-43-12-10-42(3)11-13-43/h7-8,14-18H,4-5,10-13,19H2,1-3H3,(H2,36,38)(H,39,44). The summed E-state index contributed by atoms with van der Waals surface area (Å²) in [6.07, 6.45) is 1.23. The number of aromatic nitrogens is 4. The first-order valence-electron chi connectivity index (χ1n) is 14.4. The Labute approximate surface area is 253 Å². The van der Waals surface area contributed by atoms with E-state index in [1.165, 1.54) is 30.6 Å². The smallest absolute Gasteiger partial charge is 0.383 e. The predicted octanol–water partition coefficient (Wildman–Crippen LogP) is 4.55. The second-order valence-corrected chi connectivity index (χ2v) is 10.7. The molecule has 0 radical (unpaired) electrons. The van der Waals surface area contributed by atoms with Crippen LogP contribution in [0.1, 0.15) is 57.8 Å². The number of hydrogen-bond donors (Lipinski definition) is 2. The number of aryl methyl sites for hydroxylation is 2. The lowest BCUT2D eigenvalue weighted by Crippen LogP contribution is -2.44. The van der Waals surface area contributed by atoms with Crippen molar-refractivity contribution in [1.29, 1.82) is 0 Å². The van der Waals surface area contributed by atoms with Crippen LogP contribution in [-0.4, -0.2) is 68.9 Å². The van der Waals surface area contributed by atoms with Gasteiger partial charge in [0.15, 0.2) is 0 Å². The quantitative estimate of drug-likeness (QED) is 0.309. The molecular weight excluding hydrogens is 569 g/mol. The number of rotatable bonds is 6. The SMILES string of the molecule is CCc1nc2cnc(N)c(C#Cc3cncc(C(=O)Nc4ccc(CN5CCN(C)CC5)c(C(F)(F)F)c4)c3)c2nc1CC. The van der Waals surface area contributed by atoms with Crippen molar-refractivity contribution in [3.63, 3.8) is 0 Å². The van der Waals surface area contributed by atoms with Crippen molar-refractivity contribution in [2.24, 2.45) is 0 Å². The van der Waals surface area contributed by atoms with E-state index in [1.807, 2.05) is 25.8 Å². The lowest BCUT2D eigenvalue weighted by molar-refractivity contribution is -0.138. The van der Waals surface area contributed by atoms with Gasteiger partial charge in [0.1, 0.15) is 16.9 Å². The van der Waals surface area contributed by atoms with Crippen LogP contribution in [0, 0.1) is 11.8 Å². The number of alkyl halides is 3. The Morgan fingerprint density at radius 3 is 2.43 bits per heavy atom. The number of fused-ring (bicyclic) bond motifs is 1. The first-order chi connectivity index (χ1) is 21.0. The van der Waals surface area contributed by atoms with Gasteiger partial charge in [0.05, 0.1) is 34.3 Å². The lowest BCUT2D eigenvalue weighted by Gasteiger charge is -2.33. The molecule has 1 aliphatic heterocycles. The number of benzene rings is 1. The van der Waals surface area contributed by atoms with Gasteiger partial charge in [-0.05, 0) is 43.7 Å². The van der Waals surface area contributed by atoms with E-state index in [4.69, 9.17) is 10.7 Å². The van der Waals surface area contributed by atoms with Gasteiger partial charge >= 0.3 is 6.18 Å². The summed E-state index contributed by atoms with van der Waals surface area (Å²) in [6, 6.07) is 5.40. The minimum Gasteiger partial charge on any atom is -0.383 e. The Morgan fingerprint density at radius 1 is 1.00 bits per heavy atom. The maximum Gasteiger partial charge on any atom is 0.416 e. The summed E-state index contributed by atoms with van der Waals surface area (Å²) >= 11 is 0. The van der Waals surface area contributed by atoms with Gasteiger partial charge in [-0.2, -0.15) is 13.2 Å². The van der Waals surface area contributed by atoms with Crippen LogP contribution in [0.4, 0.5) is 24.7 Å². The minimum atomic E-state index is -4.57. The zero-order valence-corrected chi connectivity index (χ0v) is 24.8. The van der Waals surface area contributed by atoms with E-state index in [1.54, 1.807) is 6.20 Å². The number of nitrogens with one attached hydrogen (secondary N) is 1. The number of piperazine rings is 1. The number of anilines is 2. The number of likely N-dealkylation sites (N-methyl/N-ethyl adjacent to an activating group) is 1. The van der Waals surface area contributed by atoms with Crippen molar-refractivity contribution in [1.82, 2.24) is 29.7 Å². The van der Waals surface area contributed by atoms with E-state index in [2.05, 4.69) is 37.0 Å². The Bertz CT molecular complexity index is 1750. The molecule has 44 heavy (non-hydrogen) atoms. The summed E-state index contributed by atoms with van der Waals surface area (Å²) in [7, 11) is 1.99. The molecule has 228 valence electrons. The Balaban J connectivity index is 1.37. The summed E-state index contributed by atoms with van der Waals surface area (Å²) in [4.78, 5) is 34.9. The molecule has 12 heteroatoms. The highest BCUT2D eigenvalue weighted by atomic mass is 19.4. The highest BCUT2D eigenvalue weighted by Gasteiger charge is 2.34. The van der Waals surface area contributed by atoms with Crippen LogP contribution in [0.5, 0.6) is 0 Å². The van der Waals surface area contributed by atoms with E-state index >= 15 is 0 Å². The highest BCUT2D eigenvalue weighted by Crippen LogP contribution is 2.35. The Hall–Kier alpha value is -4.60. The molecule has 5 rings (SSSR count). The fourth-order valence-electron chi connectivity index (χ4n) is 5.07. The number of pyridine rings is 2. The third-order valence-electron chi connectivity index (χ3n) is 7.56. The summed E-state index contributed by atoms with van der Waals surface area (Å²) in [5.74, 6) is 5.55. The van der Waals surface area contributed by atoms with Crippen molar-refractivity contribution in [3.8, 4) is 11.8 Å². The number of nitrogens with two attached hydrogens (primary N) is 1. The van der Waals surface area contributed by atoms with E-state index in [0.717, 1.165) is 37.0 Å². The predicted molar refractivity (Wildman–Crippen MR) is 163 cm³/mol. The Morgan fingerprint density at radius 2 is 1.73 bits per heavy atom. The molecule has 0 spiro atoms. The second-order valence-electron chi connectivity index (χ2n) is 10.7. The van der Waals surface area contributed by atoms with Gasteiger partial charge in [0.25, 0.3) is 5.91 Å².